The van der Waals surface area contributed by atoms with Gasteiger partial charge in [-0.3, -0.25) is 0 Å². The average Bonchev–Trinajstić information content (AvgIpc) is 3.28. The summed E-state index contributed by atoms with van der Waals surface area (Å²) in [7, 11) is -2.96. The van der Waals surface area contributed by atoms with Gasteiger partial charge in [0.2, 0.25) is 10.0 Å². The molecule has 2 saturated carbocycles. The summed E-state index contributed by atoms with van der Waals surface area (Å²) in [5, 5.41) is 3.75. The van der Waals surface area contributed by atoms with E-state index < -0.39 is 10.0 Å². The van der Waals surface area contributed by atoms with Gasteiger partial charge in [-0.1, -0.05) is 13.8 Å². The molecule has 0 radical (unpaired) electrons. The standard InChI is InChI=1S/C16H30N2O2S/c1-12-3-4-15(11-13(12)2)17-14-7-9-18(10-8-14)21(19,20)16-5-6-16/h12-17H,3-11H2,1-2H3/t12-,13+,15+/m1/s1. The van der Waals surface area contributed by atoms with Gasteiger partial charge in [0.1, 0.15) is 0 Å². The van der Waals surface area contributed by atoms with Crippen molar-refractivity contribution in [3.8, 4) is 0 Å². The van der Waals surface area contributed by atoms with Crippen LogP contribution in [0.3, 0.4) is 0 Å². The lowest BCUT2D eigenvalue weighted by molar-refractivity contribution is 0.195. The van der Waals surface area contributed by atoms with Crippen LogP contribution in [0.4, 0.5) is 0 Å². The molecule has 21 heavy (non-hydrogen) atoms. The molecule has 3 fully saturated rings. The Morgan fingerprint density at radius 2 is 1.52 bits per heavy atom. The lowest BCUT2D eigenvalue weighted by Gasteiger charge is -2.38. The van der Waals surface area contributed by atoms with Gasteiger partial charge in [-0.25, -0.2) is 12.7 Å². The van der Waals surface area contributed by atoms with Crippen molar-refractivity contribution in [2.45, 2.75) is 76.1 Å². The van der Waals surface area contributed by atoms with Crippen LogP contribution < -0.4 is 5.32 Å². The SMILES string of the molecule is C[C@@H]1CC[C@H](NC2CCN(S(=O)(=O)C3CC3)CC2)C[C@@H]1C. The van der Waals surface area contributed by atoms with E-state index in [0.717, 1.165) is 50.6 Å². The molecule has 3 rings (SSSR count). The van der Waals surface area contributed by atoms with Crippen molar-refractivity contribution in [3.05, 3.63) is 0 Å². The van der Waals surface area contributed by atoms with Crippen molar-refractivity contribution in [3.63, 3.8) is 0 Å². The third kappa shape index (κ3) is 3.62. The highest BCUT2D eigenvalue weighted by Gasteiger charge is 2.41. The number of piperidine rings is 1. The maximum atomic E-state index is 12.2. The van der Waals surface area contributed by atoms with Crippen molar-refractivity contribution in [2.24, 2.45) is 11.8 Å². The van der Waals surface area contributed by atoms with Crippen LogP contribution in [0.5, 0.6) is 0 Å². The molecule has 122 valence electrons. The van der Waals surface area contributed by atoms with Gasteiger partial charge in [-0.05, 0) is 56.8 Å². The number of nitrogens with one attached hydrogen (secondary N) is 1. The van der Waals surface area contributed by atoms with Crippen molar-refractivity contribution >= 4 is 10.0 Å². The molecule has 2 aliphatic carbocycles. The van der Waals surface area contributed by atoms with Crippen LogP contribution in [0.1, 0.15) is 58.8 Å². The molecule has 0 spiro atoms. The number of sulfonamides is 1. The van der Waals surface area contributed by atoms with Gasteiger partial charge in [-0.2, -0.15) is 0 Å². The first kappa shape index (κ1) is 15.8. The van der Waals surface area contributed by atoms with Crippen LogP contribution >= 0.6 is 0 Å². The molecule has 0 aromatic carbocycles. The summed E-state index contributed by atoms with van der Waals surface area (Å²) >= 11 is 0. The zero-order valence-corrected chi connectivity index (χ0v) is 14.2. The van der Waals surface area contributed by atoms with Gasteiger partial charge in [-0.15, -0.1) is 0 Å². The fourth-order valence-corrected chi connectivity index (χ4v) is 5.76. The molecule has 5 heteroatoms. The van der Waals surface area contributed by atoms with E-state index in [1.807, 2.05) is 0 Å². The van der Waals surface area contributed by atoms with E-state index in [1.54, 1.807) is 4.31 Å². The second kappa shape index (κ2) is 6.17. The maximum Gasteiger partial charge on any atom is 0.216 e. The molecule has 0 aromatic rings. The molecular weight excluding hydrogens is 284 g/mol. The molecule has 3 aliphatic rings. The molecule has 0 bridgehead atoms. The predicted molar refractivity (Wildman–Crippen MR) is 85.6 cm³/mol. The van der Waals surface area contributed by atoms with Gasteiger partial charge >= 0.3 is 0 Å². The van der Waals surface area contributed by atoms with Crippen molar-refractivity contribution in [2.75, 3.05) is 13.1 Å². The minimum Gasteiger partial charge on any atom is -0.311 e. The Bertz CT molecular complexity index is 453. The van der Waals surface area contributed by atoms with Crippen LogP contribution in [0.25, 0.3) is 0 Å². The molecule has 0 unspecified atom stereocenters. The maximum absolute atomic E-state index is 12.2. The van der Waals surface area contributed by atoms with E-state index in [9.17, 15) is 8.42 Å². The predicted octanol–water partition coefficient (Wildman–Crippen LogP) is 2.36. The van der Waals surface area contributed by atoms with Crippen LogP contribution in [0.2, 0.25) is 0 Å². The van der Waals surface area contributed by atoms with Gasteiger partial charge < -0.3 is 5.32 Å². The second-order valence-corrected chi connectivity index (χ2v) is 9.76. The quantitative estimate of drug-likeness (QED) is 0.866. The fraction of sp³-hybridized carbons (Fsp3) is 1.00. The van der Waals surface area contributed by atoms with Crippen LogP contribution in [0, 0.1) is 11.8 Å². The molecule has 1 aliphatic heterocycles. The summed E-state index contributed by atoms with van der Waals surface area (Å²) < 4.78 is 26.2. The minimum absolute atomic E-state index is 0.0531. The van der Waals surface area contributed by atoms with Crippen LogP contribution in [0.15, 0.2) is 0 Å². The summed E-state index contributed by atoms with van der Waals surface area (Å²) in [6.07, 6.45) is 7.59. The molecule has 4 nitrogen and oxygen atoms in total. The zero-order valence-electron chi connectivity index (χ0n) is 13.4. The Balaban J connectivity index is 1.46. The third-order valence-electron chi connectivity index (χ3n) is 5.83. The number of nitrogens with zero attached hydrogens (tertiary/aromatic N) is 1. The number of hydrogen-bond acceptors (Lipinski definition) is 3. The topological polar surface area (TPSA) is 49.4 Å². The Morgan fingerprint density at radius 3 is 2.10 bits per heavy atom. The highest BCUT2D eigenvalue weighted by atomic mass is 32.2. The first-order chi connectivity index (χ1) is 9.96. The first-order valence-corrected chi connectivity index (χ1v) is 10.2. The molecule has 1 saturated heterocycles. The largest absolute Gasteiger partial charge is 0.311 e. The molecule has 1 N–H and O–H groups in total. The van der Waals surface area contributed by atoms with E-state index in [0.29, 0.717) is 12.1 Å². The van der Waals surface area contributed by atoms with E-state index in [1.165, 1.54) is 19.3 Å². The van der Waals surface area contributed by atoms with E-state index in [-0.39, 0.29) is 5.25 Å². The number of rotatable bonds is 4. The number of hydrogen-bond donors (Lipinski definition) is 1. The summed E-state index contributed by atoms with van der Waals surface area (Å²) in [4.78, 5) is 0. The van der Waals surface area contributed by atoms with E-state index >= 15 is 0 Å². The Hall–Kier alpha value is -0.130. The Kier molecular flexibility index (Phi) is 4.63. The highest BCUT2D eigenvalue weighted by molar-refractivity contribution is 7.90. The summed E-state index contributed by atoms with van der Waals surface area (Å²) in [6, 6.07) is 1.16. The molecule has 0 amide bonds. The van der Waals surface area contributed by atoms with Crippen LogP contribution in [-0.2, 0) is 10.0 Å². The minimum atomic E-state index is -2.96. The Labute approximate surface area is 129 Å². The zero-order chi connectivity index (χ0) is 15.0. The molecular formula is C16H30N2O2S. The van der Waals surface area contributed by atoms with Gasteiger partial charge in [0.25, 0.3) is 0 Å². The molecule has 0 aromatic heterocycles. The first-order valence-electron chi connectivity index (χ1n) is 8.72. The lowest BCUT2D eigenvalue weighted by Crippen LogP contribution is -2.49. The van der Waals surface area contributed by atoms with Gasteiger partial charge in [0.05, 0.1) is 5.25 Å². The Morgan fingerprint density at radius 1 is 0.857 bits per heavy atom. The van der Waals surface area contributed by atoms with Crippen molar-refractivity contribution in [1.82, 2.24) is 9.62 Å². The summed E-state index contributed by atoms with van der Waals surface area (Å²) in [5.41, 5.74) is 0. The van der Waals surface area contributed by atoms with Gasteiger partial charge in [0.15, 0.2) is 0 Å². The fourth-order valence-electron chi connectivity index (χ4n) is 3.89. The third-order valence-corrected chi connectivity index (χ3v) is 8.23. The lowest BCUT2D eigenvalue weighted by atomic mass is 9.79. The van der Waals surface area contributed by atoms with E-state index in [4.69, 9.17) is 0 Å². The van der Waals surface area contributed by atoms with E-state index in [2.05, 4.69) is 19.2 Å². The van der Waals surface area contributed by atoms with Gasteiger partial charge in [0, 0.05) is 25.2 Å². The molecule has 1 heterocycles. The monoisotopic (exact) mass is 314 g/mol. The summed E-state index contributed by atoms with van der Waals surface area (Å²) in [6.45, 7) is 6.16. The van der Waals surface area contributed by atoms with Crippen molar-refractivity contribution in [1.29, 1.82) is 0 Å². The average molecular weight is 314 g/mol. The van der Waals surface area contributed by atoms with Crippen LogP contribution in [-0.4, -0.2) is 43.1 Å². The highest BCUT2D eigenvalue weighted by Crippen LogP contribution is 2.33. The smallest absolute Gasteiger partial charge is 0.216 e. The normalized spacial score (nSPS) is 36.8. The van der Waals surface area contributed by atoms with Crippen molar-refractivity contribution < 1.29 is 8.42 Å². The second-order valence-electron chi connectivity index (χ2n) is 7.55. The summed E-state index contributed by atoms with van der Waals surface area (Å²) in [5.74, 6) is 1.67. The molecule has 3 atom stereocenters.